The Morgan fingerprint density at radius 2 is 2.13 bits per heavy atom. The molecule has 3 aromatic rings. The van der Waals surface area contributed by atoms with Crippen LogP contribution in [0.4, 0.5) is 10.5 Å². The van der Waals surface area contributed by atoms with Gasteiger partial charge in [0.05, 0.1) is 10.6 Å². The Bertz CT molecular complexity index is 827. The fraction of sp³-hybridized carbons (Fsp3) is 0.188. The third-order valence-corrected chi connectivity index (χ3v) is 3.37. The monoisotopic (exact) mass is 330 g/mol. The van der Waals surface area contributed by atoms with E-state index in [1.165, 1.54) is 0 Å². The molecule has 0 unspecified atom stereocenters. The SMILES string of the molecule is CC(C)NC(=O)Nc1ccc(Cl)c(-c2nc3ncccc3o2)c1. The van der Waals surface area contributed by atoms with Crippen LogP contribution in [0.25, 0.3) is 22.7 Å². The summed E-state index contributed by atoms with van der Waals surface area (Å²) in [7, 11) is 0. The lowest BCUT2D eigenvalue weighted by molar-refractivity contribution is 0.250. The molecule has 0 spiro atoms. The zero-order valence-electron chi connectivity index (χ0n) is 12.6. The van der Waals surface area contributed by atoms with Crippen molar-refractivity contribution in [3.63, 3.8) is 0 Å². The molecule has 0 radical (unpaired) electrons. The molecule has 0 aliphatic rings. The van der Waals surface area contributed by atoms with Crippen LogP contribution >= 0.6 is 11.6 Å². The number of nitrogens with one attached hydrogen (secondary N) is 2. The number of carbonyl (C=O) groups is 1. The normalized spacial score (nSPS) is 11.0. The van der Waals surface area contributed by atoms with Crippen molar-refractivity contribution in [2.45, 2.75) is 19.9 Å². The molecule has 0 aliphatic heterocycles. The highest BCUT2D eigenvalue weighted by atomic mass is 35.5. The predicted octanol–water partition coefficient (Wildman–Crippen LogP) is 4.07. The number of anilines is 1. The maximum absolute atomic E-state index is 11.8. The van der Waals surface area contributed by atoms with Crippen LogP contribution in [-0.2, 0) is 0 Å². The van der Waals surface area contributed by atoms with E-state index in [9.17, 15) is 4.79 Å². The minimum absolute atomic E-state index is 0.0462. The number of halogens is 1. The van der Waals surface area contributed by atoms with Gasteiger partial charge in [-0.1, -0.05) is 11.6 Å². The molecule has 23 heavy (non-hydrogen) atoms. The first-order valence-corrected chi connectivity index (χ1v) is 7.50. The second-order valence-corrected chi connectivity index (χ2v) is 5.70. The van der Waals surface area contributed by atoms with E-state index in [0.717, 1.165) is 0 Å². The van der Waals surface area contributed by atoms with Gasteiger partial charge in [0.15, 0.2) is 11.2 Å². The van der Waals surface area contributed by atoms with Gasteiger partial charge in [0, 0.05) is 17.9 Å². The van der Waals surface area contributed by atoms with Gasteiger partial charge in [0.2, 0.25) is 5.89 Å². The smallest absolute Gasteiger partial charge is 0.319 e. The summed E-state index contributed by atoms with van der Waals surface area (Å²) in [5, 5.41) is 5.98. The van der Waals surface area contributed by atoms with Gasteiger partial charge in [-0.25, -0.2) is 9.78 Å². The van der Waals surface area contributed by atoms with Gasteiger partial charge in [-0.2, -0.15) is 4.98 Å². The maximum atomic E-state index is 11.8. The summed E-state index contributed by atoms with van der Waals surface area (Å²) in [5.74, 6) is 0.358. The predicted molar refractivity (Wildman–Crippen MR) is 89.5 cm³/mol. The number of nitrogens with zero attached hydrogens (tertiary/aromatic N) is 2. The molecule has 2 aromatic heterocycles. The van der Waals surface area contributed by atoms with E-state index < -0.39 is 0 Å². The van der Waals surface area contributed by atoms with Crippen molar-refractivity contribution in [1.29, 1.82) is 0 Å². The highest BCUT2D eigenvalue weighted by Crippen LogP contribution is 2.31. The van der Waals surface area contributed by atoms with Crippen LogP contribution in [0.2, 0.25) is 5.02 Å². The zero-order chi connectivity index (χ0) is 16.4. The number of hydrogen-bond donors (Lipinski definition) is 2. The molecule has 2 amide bonds. The molecule has 2 N–H and O–H groups in total. The van der Waals surface area contributed by atoms with Gasteiger partial charge in [-0.05, 0) is 44.2 Å². The number of urea groups is 1. The van der Waals surface area contributed by atoms with Crippen LogP contribution in [-0.4, -0.2) is 22.0 Å². The molecule has 0 bridgehead atoms. The molecule has 0 fully saturated rings. The van der Waals surface area contributed by atoms with Gasteiger partial charge in [-0.3, -0.25) is 0 Å². The van der Waals surface area contributed by atoms with E-state index in [1.54, 1.807) is 36.5 Å². The molecule has 7 heteroatoms. The summed E-state index contributed by atoms with van der Waals surface area (Å²) >= 11 is 6.23. The van der Waals surface area contributed by atoms with Crippen LogP contribution in [0.1, 0.15) is 13.8 Å². The van der Waals surface area contributed by atoms with Crippen molar-refractivity contribution in [1.82, 2.24) is 15.3 Å². The molecule has 6 nitrogen and oxygen atoms in total. The van der Waals surface area contributed by atoms with E-state index in [2.05, 4.69) is 20.6 Å². The minimum atomic E-state index is -0.285. The third-order valence-electron chi connectivity index (χ3n) is 3.04. The number of pyridine rings is 1. The fourth-order valence-corrected chi connectivity index (χ4v) is 2.28. The Kier molecular flexibility index (Phi) is 4.16. The first-order valence-electron chi connectivity index (χ1n) is 7.12. The van der Waals surface area contributed by atoms with E-state index in [4.69, 9.17) is 16.0 Å². The zero-order valence-corrected chi connectivity index (χ0v) is 13.4. The molecular formula is C16H15ClN4O2. The largest absolute Gasteiger partial charge is 0.434 e. The van der Waals surface area contributed by atoms with Gasteiger partial charge < -0.3 is 15.1 Å². The molecular weight excluding hydrogens is 316 g/mol. The van der Waals surface area contributed by atoms with Gasteiger partial charge in [-0.15, -0.1) is 0 Å². The van der Waals surface area contributed by atoms with E-state index in [-0.39, 0.29) is 12.1 Å². The average molecular weight is 331 g/mol. The lowest BCUT2D eigenvalue weighted by atomic mass is 10.2. The van der Waals surface area contributed by atoms with Crippen LogP contribution < -0.4 is 10.6 Å². The summed E-state index contributed by atoms with van der Waals surface area (Å²) in [4.78, 5) is 20.2. The van der Waals surface area contributed by atoms with Crippen molar-refractivity contribution in [3.8, 4) is 11.5 Å². The fourth-order valence-electron chi connectivity index (χ4n) is 2.08. The summed E-state index contributed by atoms with van der Waals surface area (Å²) < 4.78 is 5.67. The van der Waals surface area contributed by atoms with Gasteiger partial charge in [0.25, 0.3) is 0 Å². The first-order chi connectivity index (χ1) is 11.0. The average Bonchev–Trinajstić information content (AvgIpc) is 2.92. The Morgan fingerprint density at radius 1 is 1.30 bits per heavy atom. The van der Waals surface area contributed by atoms with Gasteiger partial charge in [0.1, 0.15) is 0 Å². The Morgan fingerprint density at radius 3 is 2.87 bits per heavy atom. The van der Waals surface area contributed by atoms with E-state index in [0.29, 0.717) is 33.4 Å². The van der Waals surface area contributed by atoms with Crippen LogP contribution in [0.3, 0.4) is 0 Å². The number of carbonyl (C=O) groups excluding carboxylic acids is 1. The van der Waals surface area contributed by atoms with E-state index >= 15 is 0 Å². The summed E-state index contributed by atoms with van der Waals surface area (Å²) in [6.45, 7) is 3.77. The lowest BCUT2D eigenvalue weighted by Crippen LogP contribution is -2.34. The summed E-state index contributed by atoms with van der Waals surface area (Å²) in [6, 6.07) is 8.43. The molecule has 2 heterocycles. The van der Waals surface area contributed by atoms with Crippen LogP contribution in [0.5, 0.6) is 0 Å². The quantitative estimate of drug-likeness (QED) is 0.758. The minimum Gasteiger partial charge on any atom is -0.434 e. The molecule has 0 aliphatic carbocycles. The third kappa shape index (κ3) is 3.43. The Hall–Kier alpha value is -2.60. The van der Waals surface area contributed by atoms with Crippen molar-refractivity contribution >= 4 is 34.5 Å². The number of aromatic nitrogens is 2. The van der Waals surface area contributed by atoms with Crippen molar-refractivity contribution in [2.24, 2.45) is 0 Å². The van der Waals surface area contributed by atoms with E-state index in [1.807, 2.05) is 13.8 Å². The lowest BCUT2D eigenvalue weighted by Gasteiger charge is -2.11. The second kappa shape index (κ2) is 6.26. The van der Waals surface area contributed by atoms with Crippen molar-refractivity contribution in [2.75, 3.05) is 5.32 Å². The summed E-state index contributed by atoms with van der Waals surface area (Å²) in [6.07, 6.45) is 1.64. The Balaban J connectivity index is 1.92. The second-order valence-electron chi connectivity index (χ2n) is 5.29. The van der Waals surface area contributed by atoms with Gasteiger partial charge >= 0.3 is 6.03 Å². The number of rotatable bonds is 3. The standard InChI is InChI=1S/C16H15ClN4O2/c1-9(2)19-16(22)20-10-5-6-12(17)11(8-10)15-21-14-13(23-15)4-3-7-18-14/h3-9H,1-2H3,(H2,19,20,22). The summed E-state index contributed by atoms with van der Waals surface area (Å²) in [5.41, 5.74) is 2.27. The highest BCUT2D eigenvalue weighted by Gasteiger charge is 2.14. The number of oxazole rings is 1. The van der Waals surface area contributed by atoms with Crippen molar-refractivity contribution < 1.29 is 9.21 Å². The molecule has 0 saturated heterocycles. The molecule has 1 aromatic carbocycles. The molecule has 3 rings (SSSR count). The maximum Gasteiger partial charge on any atom is 0.319 e. The van der Waals surface area contributed by atoms with Crippen molar-refractivity contribution in [3.05, 3.63) is 41.6 Å². The number of hydrogen-bond acceptors (Lipinski definition) is 4. The number of benzene rings is 1. The number of fused-ring (bicyclic) bond motifs is 1. The molecule has 0 saturated carbocycles. The highest BCUT2D eigenvalue weighted by molar-refractivity contribution is 6.33. The Labute approximate surface area is 137 Å². The van der Waals surface area contributed by atoms with Crippen LogP contribution in [0, 0.1) is 0 Å². The topological polar surface area (TPSA) is 80.0 Å². The molecule has 0 atom stereocenters. The first kappa shape index (κ1) is 15.3. The number of amides is 2. The molecule has 118 valence electrons. The van der Waals surface area contributed by atoms with Crippen LogP contribution in [0.15, 0.2) is 40.9 Å².